The minimum atomic E-state index is 0.838. The smallest absolute Gasteiger partial charge is 0.0133 e. The molecule has 13 heavy (non-hydrogen) atoms. The Labute approximate surface area is 81.0 Å². The molecule has 2 aliphatic rings. The van der Waals surface area contributed by atoms with Crippen LogP contribution in [0.2, 0.25) is 0 Å². The number of rotatable bonds is 1. The summed E-state index contributed by atoms with van der Waals surface area (Å²) in [5, 5.41) is 3.46. The summed E-state index contributed by atoms with van der Waals surface area (Å²) in [4.78, 5) is 2.67. The Hall–Kier alpha value is -0.340. The zero-order valence-electron chi connectivity index (χ0n) is 8.34. The standard InChI is InChI=1S/C11H20N2/c1-2-5-11(6-3-1)13-9-4-7-12-8-10-13/h1-2,11-12H,3-10H2. The van der Waals surface area contributed by atoms with Crippen molar-refractivity contribution in [1.82, 2.24) is 10.2 Å². The first-order valence-electron chi connectivity index (χ1n) is 5.56. The van der Waals surface area contributed by atoms with Crippen LogP contribution in [0, 0.1) is 0 Å². The van der Waals surface area contributed by atoms with Crippen LogP contribution in [0.3, 0.4) is 0 Å². The molecule has 0 aromatic rings. The Kier molecular flexibility index (Phi) is 3.39. The molecule has 2 heteroatoms. The fourth-order valence-corrected chi connectivity index (χ4v) is 2.34. The highest BCUT2D eigenvalue weighted by atomic mass is 15.2. The molecule has 0 aromatic carbocycles. The Balaban J connectivity index is 1.86. The quantitative estimate of drug-likeness (QED) is 0.613. The third-order valence-electron chi connectivity index (χ3n) is 3.13. The van der Waals surface area contributed by atoms with Crippen LogP contribution in [-0.4, -0.2) is 37.1 Å². The van der Waals surface area contributed by atoms with E-state index in [0.717, 1.165) is 6.04 Å². The van der Waals surface area contributed by atoms with Gasteiger partial charge in [0.1, 0.15) is 0 Å². The highest BCUT2D eigenvalue weighted by molar-refractivity contribution is 4.94. The fraction of sp³-hybridized carbons (Fsp3) is 0.818. The van der Waals surface area contributed by atoms with Crippen molar-refractivity contribution in [3.05, 3.63) is 12.2 Å². The van der Waals surface area contributed by atoms with Gasteiger partial charge >= 0.3 is 0 Å². The van der Waals surface area contributed by atoms with Gasteiger partial charge in [-0.05, 0) is 38.8 Å². The second-order valence-electron chi connectivity index (χ2n) is 4.08. The highest BCUT2D eigenvalue weighted by Crippen LogP contribution is 2.17. The van der Waals surface area contributed by atoms with Crippen LogP contribution < -0.4 is 5.32 Å². The first-order valence-corrected chi connectivity index (χ1v) is 5.56. The molecule has 74 valence electrons. The van der Waals surface area contributed by atoms with Gasteiger partial charge in [0.2, 0.25) is 0 Å². The molecule has 1 unspecified atom stereocenters. The summed E-state index contributed by atoms with van der Waals surface area (Å²) in [6, 6.07) is 0.838. The Morgan fingerprint density at radius 3 is 3.00 bits per heavy atom. The van der Waals surface area contributed by atoms with Gasteiger partial charge in [0.25, 0.3) is 0 Å². The molecule has 0 amide bonds. The predicted molar refractivity (Wildman–Crippen MR) is 55.8 cm³/mol. The SMILES string of the molecule is C1=CCC(N2CCCNCC2)CC1. The summed E-state index contributed by atoms with van der Waals surface area (Å²) in [5.74, 6) is 0. The molecule has 0 aromatic heterocycles. The van der Waals surface area contributed by atoms with Crippen molar-refractivity contribution in [3.63, 3.8) is 0 Å². The number of hydrogen-bond donors (Lipinski definition) is 1. The van der Waals surface area contributed by atoms with Crippen molar-refractivity contribution in [2.75, 3.05) is 26.2 Å². The Morgan fingerprint density at radius 2 is 2.15 bits per heavy atom. The molecule has 2 rings (SSSR count). The van der Waals surface area contributed by atoms with E-state index >= 15 is 0 Å². The third kappa shape index (κ3) is 2.55. The number of hydrogen-bond acceptors (Lipinski definition) is 2. The molecule has 0 spiro atoms. The van der Waals surface area contributed by atoms with Gasteiger partial charge in [-0.3, -0.25) is 4.90 Å². The molecule has 1 fully saturated rings. The minimum absolute atomic E-state index is 0.838. The Bertz CT molecular complexity index is 169. The summed E-state index contributed by atoms with van der Waals surface area (Å²) in [6.07, 6.45) is 9.93. The van der Waals surface area contributed by atoms with Crippen LogP contribution in [0.4, 0.5) is 0 Å². The monoisotopic (exact) mass is 180 g/mol. The molecule has 1 atom stereocenters. The lowest BCUT2D eigenvalue weighted by molar-refractivity contribution is 0.196. The maximum absolute atomic E-state index is 3.46. The molecule has 1 N–H and O–H groups in total. The lowest BCUT2D eigenvalue weighted by Crippen LogP contribution is -2.38. The molecule has 1 heterocycles. The van der Waals surface area contributed by atoms with E-state index in [4.69, 9.17) is 0 Å². The lowest BCUT2D eigenvalue weighted by Gasteiger charge is -2.31. The fourth-order valence-electron chi connectivity index (χ4n) is 2.34. The van der Waals surface area contributed by atoms with E-state index in [2.05, 4.69) is 22.4 Å². The first-order chi connectivity index (χ1) is 6.47. The molecule has 0 radical (unpaired) electrons. The first kappa shape index (κ1) is 9.22. The Morgan fingerprint density at radius 1 is 1.15 bits per heavy atom. The average molecular weight is 180 g/mol. The van der Waals surface area contributed by atoms with Crippen LogP contribution in [-0.2, 0) is 0 Å². The summed E-state index contributed by atoms with van der Waals surface area (Å²) in [7, 11) is 0. The maximum atomic E-state index is 3.46. The van der Waals surface area contributed by atoms with Gasteiger partial charge in [0.15, 0.2) is 0 Å². The lowest BCUT2D eigenvalue weighted by atomic mass is 10.0. The number of nitrogens with zero attached hydrogens (tertiary/aromatic N) is 1. The predicted octanol–water partition coefficient (Wildman–Crippen LogP) is 1.39. The molecule has 2 nitrogen and oxygen atoms in total. The van der Waals surface area contributed by atoms with Crippen molar-refractivity contribution in [2.24, 2.45) is 0 Å². The second kappa shape index (κ2) is 4.77. The van der Waals surface area contributed by atoms with Gasteiger partial charge in [-0.2, -0.15) is 0 Å². The van der Waals surface area contributed by atoms with Crippen LogP contribution in [0.25, 0.3) is 0 Å². The maximum Gasteiger partial charge on any atom is 0.0133 e. The van der Waals surface area contributed by atoms with Crippen LogP contribution in [0.15, 0.2) is 12.2 Å². The molecule has 0 bridgehead atoms. The van der Waals surface area contributed by atoms with Crippen LogP contribution in [0.1, 0.15) is 25.7 Å². The highest BCUT2D eigenvalue weighted by Gasteiger charge is 2.19. The van der Waals surface area contributed by atoms with Gasteiger partial charge < -0.3 is 5.32 Å². The van der Waals surface area contributed by atoms with E-state index in [1.54, 1.807) is 0 Å². The summed E-state index contributed by atoms with van der Waals surface area (Å²) in [6.45, 7) is 4.93. The van der Waals surface area contributed by atoms with Crippen LogP contribution in [0.5, 0.6) is 0 Å². The zero-order valence-corrected chi connectivity index (χ0v) is 8.34. The second-order valence-corrected chi connectivity index (χ2v) is 4.08. The van der Waals surface area contributed by atoms with Crippen molar-refractivity contribution < 1.29 is 0 Å². The van der Waals surface area contributed by atoms with E-state index in [0.29, 0.717) is 0 Å². The van der Waals surface area contributed by atoms with Crippen molar-refractivity contribution in [3.8, 4) is 0 Å². The average Bonchev–Trinajstić information content (AvgIpc) is 2.47. The normalized spacial score (nSPS) is 31.5. The van der Waals surface area contributed by atoms with Gasteiger partial charge in [-0.15, -0.1) is 0 Å². The zero-order chi connectivity index (χ0) is 8.93. The van der Waals surface area contributed by atoms with Crippen molar-refractivity contribution in [2.45, 2.75) is 31.7 Å². The van der Waals surface area contributed by atoms with E-state index in [1.165, 1.54) is 51.9 Å². The summed E-state index contributed by atoms with van der Waals surface area (Å²) >= 11 is 0. The minimum Gasteiger partial charge on any atom is -0.315 e. The largest absolute Gasteiger partial charge is 0.315 e. The number of allylic oxidation sites excluding steroid dienone is 1. The van der Waals surface area contributed by atoms with E-state index in [9.17, 15) is 0 Å². The summed E-state index contributed by atoms with van der Waals surface area (Å²) < 4.78 is 0. The van der Waals surface area contributed by atoms with Gasteiger partial charge in [0.05, 0.1) is 0 Å². The molecule has 1 aliphatic carbocycles. The van der Waals surface area contributed by atoms with Crippen LogP contribution >= 0.6 is 0 Å². The van der Waals surface area contributed by atoms with E-state index in [1.807, 2.05) is 0 Å². The number of nitrogens with one attached hydrogen (secondary N) is 1. The van der Waals surface area contributed by atoms with Gasteiger partial charge in [-0.1, -0.05) is 12.2 Å². The third-order valence-corrected chi connectivity index (χ3v) is 3.13. The molecular weight excluding hydrogens is 160 g/mol. The topological polar surface area (TPSA) is 15.3 Å². The molecule has 1 saturated heterocycles. The van der Waals surface area contributed by atoms with E-state index in [-0.39, 0.29) is 0 Å². The van der Waals surface area contributed by atoms with Gasteiger partial charge in [0, 0.05) is 19.1 Å². The van der Waals surface area contributed by atoms with Crippen molar-refractivity contribution in [1.29, 1.82) is 0 Å². The van der Waals surface area contributed by atoms with Gasteiger partial charge in [-0.25, -0.2) is 0 Å². The summed E-state index contributed by atoms with van der Waals surface area (Å²) in [5.41, 5.74) is 0. The van der Waals surface area contributed by atoms with E-state index < -0.39 is 0 Å². The van der Waals surface area contributed by atoms with Crippen molar-refractivity contribution >= 4 is 0 Å². The molecule has 1 aliphatic heterocycles. The molecule has 0 saturated carbocycles. The molecular formula is C11H20N2.